The van der Waals surface area contributed by atoms with Crippen LogP contribution in [0.25, 0.3) is 0 Å². The zero-order valence-electron chi connectivity index (χ0n) is 15.1. The molecule has 0 radical (unpaired) electrons. The molecule has 2 aromatic rings. The highest BCUT2D eigenvalue weighted by atomic mass is 32.2. The summed E-state index contributed by atoms with van der Waals surface area (Å²) in [6.07, 6.45) is 1.80. The molecule has 142 valence electrons. The predicted molar refractivity (Wildman–Crippen MR) is 96.7 cm³/mol. The zero-order valence-corrected chi connectivity index (χ0v) is 15.9. The quantitative estimate of drug-likeness (QED) is 0.667. The fourth-order valence-electron chi connectivity index (χ4n) is 2.58. The van der Waals surface area contributed by atoms with Gasteiger partial charge in [-0.3, -0.25) is 9.48 Å². The van der Waals surface area contributed by atoms with Crippen LogP contribution in [-0.4, -0.2) is 54.9 Å². The second kappa shape index (κ2) is 8.39. The monoisotopic (exact) mass is 380 g/mol. The van der Waals surface area contributed by atoms with Crippen molar-refractivity contribution in [3.8, 4) is 0 Å². The molecule has 0 bridgehead atoms. The van der Waals surface area contributed by atoms with Crippen molar-refractivity contribution in [1.29, 1.82) is 0 Å². The first-order valence-corrected chi connectivity index (χ1v) is 9.64. The van der Waals surface area contributed by atoms with Crippen LogP contribution >= 0.6 is 0 Å². The van der Waals surface area contributed by atoms with Gasteiger partial charge in [0.2, 0.25) is 10.0 Å². The number of hydrogen-bond acceptors (Lipinski definition) is 6. The molecule has 1 amide bonds. The molecule has 0 spiro atoms. The topological polar surface area (TPSA) is 123 Å². The summed E-state index contributed by atoms with van der Waals surface area (Å²) in [4.78, 5) is 14.2. The largest absolute Gasteiger partial charge is 0.346 e. The number of benzene rings is 1. The number of carbonyl (C=O) groups excluding carboxylic acids is 1. The van der Waals surface area contributed by atoms with Crippen molar-refractivity contribution in [3.05, 3.63) is 41.7 Å². The van der Waals surface area contributed by atoms with E-state index in [-0.39, 0.29) is 17.3 Å². The molecule has 3 N–H and O–H groups in total. The number of hydrogen-bond donors (Lipinski definition) is 2. The second-order valence-corrected chi connectivity index (χ2v) is 8.11. The zero-order chi connectivity index (χ0) is 19.3. The summed E-state index contributed by atoms with van der Waals surface area (Å²) in [5.74, 6) is 0.0907. The van der Waals surface area contributed by atoms with Crippen molar-refractivity contribution in [2.45, 2.75) is 24.9 Å². The van der Waals surface area contributed by atoms with E-state index in [0.29, 0.717) is 17.2 Å². The number of nitrogens with zero attached hydrogens (tertiary/aromatic N) is 4. The number of sulfonamides is 1. The van der Waals surface area contributed by atoms with Crippen molar-refractivity contribution in [2.24, 2.45) is 11.1 Å². The Morgan fingerprint density at radius 2 is 1.96 bits per heavy atom. The molecule has 9 nitrogen and oxygen atoms in total. The van der Waals surface area contributed by atoms with Gasteiger partial charge in [0.15, 0.2) is 0 Å². The van der Waals surface area contributed by atoms with E-state index in [4.69, 9.17) is 5.14 Å². The summed E-state index contributed by atoms with van der Waals surface area (Å²) in [6.45, 7) is 4.06. The number of amides is 1. The van der Waals surface area contributed by atoms with Crippen molar-refractivity contribution in [2.75, 3.05) is 20.6 Å². The smallest absolute Gasteiger partial charge is 0.251 e. The van der Waals surface area contributed by atoms with Gasteiger partial charge < -0.3 is 10.2 Å². The molecule has 1 aromatic carbocycles. The fourth-order valence-corrected chi connectivity index (χ4v) is 3.09. The minimum atomic E-state index is -3.77. The van der Waals surface area contributed by atoms with Crippen molar-refractivity contribution >= 4 is 15.9 Å². The molecular formula is C16H24N6O3S. The first kappa shape index (κ1) is 20.0. The molecule has 0 aliphatic heterocycles. The Balaban J connectivity index is 1.89. The van der Waals surface area contributed by atoms with E-state index in [0.717, 1.165) is 13.1 Å². The van der Waals surface area contributed by atoms with E-state index in [1.807, 2.05) is 14.1 Å². The van der Waals surface area contributed by atoms with Crippen molar-refractivity contribution < 1.29 is 13.2 Å². The lowest BCUT2D eigenvalue weighted by Crippen LogP contribution is -2.23. The Hall–Kier alpha value is -2.30. The number of carbonyl (C=O) groups is 1. The van der Waals surface area contributed by atoms with Crippen LogP contribution in [0.15, 0.2) is 35.4 Å². The van der Waals surface area contributed by atoms with E-state index in [2.05, 4.69) is 27.5 Å². The van der Waals surface area contributed by atoms with Crippen LogP contribution in [0, 0.1) is 5.92 Å². The van der Waals surface area contributed by atoms with Gasteiger partial charge in [-0.1, -0.05) is 12.1 Å². The van der Waals surface area contributed by atoms with Gasteiger partial charge in [-0.2, -0.15) is 0 Å². The maximum atomic E-state index is 12.1. The van der Waals surface area contributed by atoms with E-state index in [9.17, 15) is 13.2 Å². The van der Waals surface area contributed by atoms with Gasteiger partial charge in [0, 0.05) is 18.7 Å². The Morgan fingerprint density at radius 1 is 1.31 bits per heavy atom. The molecule has 1 heterocycles. The standard InChI is InChI=1S/C16H24N6O3S/c1-12(9-21(2)3)10-22-11-14(19-20-22)8-18-16(23)13-4-6-15(7-5-13)26(17,24)25/h4-7,11-12H,8-10H2,1-3H3,(H,18,23)(H2,17,24,25). The van der Waals surface area contributed by atoms with Crippen LogP contribution in [0.2, 0.25) is 0 Å². The summed E-state index contributed by atoms with van der Waals surface area (Å²) >= 11 is 0. The van der Waals surface area contributed by atoms with Gasteiger partial charge in [0.1, 0.15) is 5.69 Å². The molecule has 26 heavy (non-hydrogen) atoms. The molecule has 2 rings (SSSR count). The second-order valence-electron chi connectivity index (χ2n) is 6.55. The van der Waals surface area contributed by atoms with Gasteiger partial charge in [-0.05, 0) is 44.3 Å². The highest BCUT2D eigenvalue weighted by Crippen LogP contribution is 2.09. The van der Waals surface area contributed by atoms with Gasteiger partial charge in [-0.25, -0.2) is 13.6 Å². The van der Waals surface area contributed by atoms with Gasteiger partial charge in [0.25, 0.3) is 5.91 Å². The fraction of sp³-hybridized carbons (Fsp3) is 0.438. The highest BCUT2D eigenvalue weighted by molar-refractivity contribution is 7.89. The average molecular weight is 380 g/mol. The van der Waals surface area contributed by atoms with Crippen LogP contribution in [0.4, 0.5) is 0 Å². The number of nitrogens with two attached hydrogens (primary N) is 1. The lowest BCUT2D eigenvalue weighted by molar-refractivity contribution is 0.0950. The van der Waals surface area contributed by atoms with E-state index < -0.39 is 10.0 Å². The number of nitrogens with one attached hydrogen (secondary N) is 1. The molecule has 1 aromatic heterocycles. The van der Waals surface area contributed by atoms with E-state index in [1.165, 1.54) is 24.3 Å². The van der Waals surface area contributed by atoms with Crippen LogP contribution in [0.3, 0.4) is 0 Å². The third-order valence-electron chi connectivity index (χ3n) is 3.64. The summed E-state index contributed by atoms with van der Waals surface area (Å²) in [7, 11) is 0.273. The first-order valence-electron chi connectivity index (χ1n) is 8.10. The minimum absolute atomic E-state index is 0.0381. The van der Waals surface area contributed by atoms with E-state index >= 15 is 0 Å². The Morgan fingerprint density at radius 3 is 2.54 bits per heavy atom. The third-order valence-corrected chi connectivity index (χ3v) is 4.57. The molecule has 0 aliphatic rings. The Bertz CT molecular complexity index is 845. The maximum absolute atomic E-state index is 12.1. The third kappa shape index (κ3) is 5.90. The molecule has 10 heteroatoms. The van der Waals surface area contributed by atoms with Crippen molar-refractivity contribution in [3.63, 3.8) is 0 Å². The molecule has 0 saturated carbocycles. The van der Waals surface area contributed by atoms with Gasteiger partial charge >= 0.3 is 0 Å². The van der Waals surface area contributed by atoms with Crippen LogP contribution in [0.1, 0.15) is 23.0 Å². The molecule has 1 unspecified atom stereocenters. The summed E-state index contributed by atoms with van der Waals surface area (Å²) in [5.41, 5.74) is 0.987. The van der Waals surface area contributed by atoms with Crippen LogP contribution in [0.5, 0.6) is 0 Å². The molecule has 0 saturated heterocycles. The molecule has 0 aliphatic carbocycles. The normalized spacial score (nSPS) is 13.0. The Kier molecular flexibility index (Phi) is 6.46. The molecule has 1 atom stereocenters. The SMILES string of the molecule is CC(CN(C)C)Cn1cc(CNC(=O)c2ccc(S(N)(=O)=O)cc2)nn1. The van der Waals surface area contributed by atoms with Gasteiger partial charge in [-0.15, -0.1) is 5.10 Å². The van der Waals surface area contributed by atoms with E-state index in [1.54, 1.807) is 10.9 Å². The summed E-state index contributed by atoms with van der Waals surface area (Å²) in [5, 5.41) is 15.9. The van der Waals surface area contributed by atoms with Gasteiger partial charge in [0.05, 0.1) is 17.6 Å². The number of rotatable bonds is 8. The van der Waals surface area contributed by atoms with Crippen LogP contribution in [-0.2, 0) is 23.1 Å². The first-order chi connectivity index (χ1) is 12.1. The Labute approximate surface area is 153 Å². The predicted octanol–water partition coefficient (Wildman–Crippen LogP) is 0.0532. The average Bonchev–Trinajstić information content (AvgIpc) is 2.98. The molecule has 0 fully saturated rings. The summed E-state index contributed by atoms with van der Waals surface area (Å²) < 4.78 is 24.2. The maximum Gasteiger partial charge on any atom is 0.251 e. The molecular weight excluding hydrogens is 356 g/mol. The van der Waals surface area contributed by atoms with Crippen molar-refractivity contribution in [1.82, 2.24) is 25.2 Å². The van der Waals surface area contributed by atoms with Crippen LogP contribution < -0.4 is 10.5 Å². The number of aromatic nitrogens is 3. The minimum Gasteiger partial charge on any atom is -0.346 e. The lowest BCUT2D eigenvalue weighted by Gasteiger charge is -2.16. The summed E-state index contributed by atoms with van der Waals surface area (Å²) in [6, 6.07) is 5.42. The highest BCUT2D eigenvalue weighted by Gasteiger charge is 2.11. The lowest BCUT2D eigenvalue weighted by atomic mass is 10.2. The number of primary sulfonamides is 1.